The summed E-state index contributed by atoms with van der Waals surface area (Å²) in [4.78, 5) is 20.1. The molecule has 0 fully saturated rings. The van der Waals surface area contributed by atoms with Gasteiger partial charge in [-0.15, -0.1) is 11.3 Å². The number of anilines is 1. The number of pyridine rings is 1. The van der Waals surface area contributed by atoms with Gasteiger partial charge in [-0.2, -0.15) is 0 Å². The summed E-state index contributed by atoms with van der Waals surface area (Å²) in [7, 11) is 1.63. The van der Waals surface area contributed by atoms with Crippen LogP contribution in [-0.2, 0) is 6.54 Å². The van der Waals surface area contributed by atoms with E-state index in [1.807, 2.05) is 61.5 Å². The number of hydrogen-bond acceptors (Lipinski definition) is 4. The van der Waals surface area contributed by atoms with Crippen LogP contribution in [0.3, 0.4) is 0 Å². The molecule has 2 aromatic carbocycles. The van der Waals surface area contributed by atoms with Crippen molar-refractivity contribution in [3.63, 3.8) is 0 Å². The molecule has 0 unspecified atom stereocenters. The molecule has 2 aromatic heterocycles. The van der Waals surface area contributed by atoms with Gasteiger partial charge in [-0.25, -0.2) is 0 Å². The van der Waals surface area contributed by atoms with Crippen LogP contribution in [0.1, 0.15) is 20.8 Å². The summed E-state index contributed by atoms with van der Waals surface area (Å²) in [5.74, 6) is 0.619. The number of methoxy groups -OCH3 is 1. The zero-order chi connectivity index (χ0) is 20.4. The fraction of sp³-hybridized carbons (Fsp3) is 0.130. The second-order valence-corrected chi connectivity index (χ2v) is 8.08. The van der Waals surface area contributed by atoms with Crippen LogP contribution < -0.4 is 9.64 Å². The smallest absolute Gasteiger partial charge is 0.270 e. The number of nitrogens with zero attached hydrogens (tertiary/aromatic N) is 2. The van der Waals surface area contributed by atoms with Gasteiger partial charge >= 0.3 is 0 Å². The van der Waals surface area contributed by atoms with E-state index in [2.05, 4.69) is 4.98 Å². The highest BCUT2D eigenvalue weighted by atomic mass is 35.5. The number of hydrogen-bond donors (Lipinski definition) is 0. The van der Waals surface area contributed by atoms with Crippen molar-refractivity contribution >= 4 is 44.6 Å². The summed E-state index contributed by atoms with van der Waals surface area (Å²) in [6, 6.07) is 17.3. The molecule has 0 aliphatic heterocycles. The number of fused-ring (bicyclic) bond motifs is 1. The van der Waals surface area contributed by atoms with Crippen LogP contribution >= 0.6 is 22.9 Å². The first kappa shape index (κ1) is 19.4. The van der Waals surface area contributed by atoms with Crippen LogP contribution in [0.25, 0.3) is 10.1 Å². The van der Waals surface area contributed by atoms with E-state index in [1.54, 1.807) is 24.4 Å². The van der Waals surface area contributed by atoms with Gasteiger partial charge in [0.25, 0.3) is 5.91 Å². The minimum Gasteiger partial charge on any atom is -0.497 e. The maximum absolute atomic E-state index is 13.6. The van der Waals surface area contributed by atoms with Crippen LogP contribution in [-0.4, -0.2) is 18.0 Å². The number of amides is 1. The van der Waals surface area contributed by atoms with Crippen molar-refractivity contribution in [3.05, 3.63) is 88.0 Å². The van der Waals surface area contributed by atoms with Crippen molar-refractivity contribution in [2.75, 3.05) is 12.0 Å². The summed E-state index contributed by atoms with van der Waals surface area (Å²) >= 11 is 8.02. The van der Waals surface area contributed by atoms with E-state index in [1.165, 1.54) is 11.3 Å². The third kappa shape index (κ3) is 3.84. The third-order valence-corrected chi connectivity index (χ3v) is 6.40. The number of rotatable bonds is 5. The fourth-order valence-corrected chi connectivity index (χ4v) is 4.73. The molecule has 0 aliphatic carbocycles. The Morgan fingerprint density at radius 2 is 2.00 bits per heavy atom. The van der Waals surface area contributed by atoms with Crippen molar-refractivity contribution in [2.45, 2.75) is 13.5 Å². The number of aromatic nitrogens is 1. The Morgan fingerprint density at radius 1 is 1.17 bits per heavy atom. The molecule has 6 heteroatoms. The molecular weight excluding hydrogens is 404 g/mol. The van der Waals surface area contributed by atoms with E-state index in [0.29, 0.717) is 16.4 Å². The second-order valence-electron chi connectivity index (χ2n) is 6.65. The number of ether oxygens (including phenoxy) is 1. The van der Waals surface area contributed by atoms with Crippen molar-refractivity contribution in [1.82, 2.24) is 4.98 Å². The highest BCUT2D eigenvalue weighted by Crippen LogP contribution is 2.37. The van der Waals surface area contributed by atoms with E-state index in [-0.39, 0.29) is 5.91 Å². The summed E-state index contributed by atoms with van der Waals surface area (Å²) in [6.45, 7) is 2.36. The quantitative estimate of drug-likeness (QED) is 0.389. The van der Waals surface area contributed by atoms with E-state index in [9.17, 15) is 4.79 Å². The highest BCUT2D eigenvalue weighted by Gasteiger charge is 2.25. The first-order chi connectivity index (χ1) is 14.1. The van der Waals surface area contributed by atoms with E-state index in [0.717, 1.165) is 32.6 Å². The Morgan fingerprint density at radius 3 is 2.69 bits per heavy atom. The van der Waals surface area contributed by atoms with Gasteiger partial charge in [0.1, 0.15) is 10.6 Å². The van der Waals surface area contributed by atoms with E-state index in [4.69, 9.17) is 16.3 Å². The number of carbonyl (C=O) groups excluding carboxylic acids is 1. The lowest BCUT2D eigenvalue weighted by Gasteiger charge is -2.24. The summed E-state index contributed by atoms with van der Waals surface area (Å²) in [6.07, 6.45) is 3.49. The van der Waals surface area contributed by atoms with Gasteiger partial charge in [0.15, 0.2) is 0 Å². The monoisotopic (exact) mass is 422 g/mol. The molecule has 146 valence electrons. The Hall–Kier alpha value is -2.89. The molecule has 2 heterocycles. The van der Waals surface area contributed by atoms with Crippen molar-refractivity contribution in [2.24, 2.45) is 0 Å². The molecule has 0 N–H and O–H groups in total. The lowest BCUT2D eigenvalue weighted by Crippen LogP contribution is -2.30. The highest BCUT2D eigenvalue weighted by molar-refractivity contribution is 7.21. The number of aryl methyl sites for hydroxylation is 1. The summed E-state index contributed by atoms with van der Waals surface area (Å²) in [5, 5.41) is 1.40. The van der Waals surface area contributed by atoms with Gasteiger partial charge in [-0.3, -0.25) is 9.78 Å². The zero-order valence-corrected chi connectivity index (χ0v) is 17.6. The summed E-state index contributed by atoms with van der Waals surface area (Å²) < 4.78 is 6.31. The topological polar surface area (TPSA) is 42.4 Å². The largest absolute Gasteiger partial charge is 0.497 e. The maximum Gasteiger partial charge on any atom is 0.270 e. The van der Waals surface area contributed by atoms with Crippen LogP contribution in [0.15, 0.2) is 67.0 Å². The second kappa shape index (κ2) is 8.23. The number of carbonyl (C=O) groups is 1. The molecule has 0 aliphatic rings. The molecule has 1 amide bonds. The van der Waals surface area contributed by atoms with Crippen LogP contribution in [0.4, 0.5) is 5.69 Å². The summed E-state index contributed by atoms with van der Waals surface area (Å²) in [5.41, 5.74) is 2.69. The van der Waals surface area contributed by atoms with Crippen molar-refractivity contribution in [1.29, 1.82) is 0 Å². The lowest BCUT2D eigenvalue weighted by atomic mass is 10.1. The molecule has 4 nitrogen and oxygen atoms in total. The molecule has 0 saturated carbocycles. The van der Waals surface area contributed by atoms with Crippen molar-refractivity contribution < 1.29 is 9.53 Å². The van der Waals surface area contributed by atoms with Gasteiger partial charge < -0.3 is 9.64 Å². The molecule has 0 atom stereocenters. The maximum atomic E-state index is 13.6. The van der Waals surface area contributed by atoms with Gasteiger partial charge in [0.2, 0.25) is 0 Å². The Labute approximate surface area is 178 Å². The van der Waals surface area contributed by atoms with Crippen LogP contribution in [0.2, 0.25) is 5.02 Å². The van der Waals surface area contributed by atoms with E-state index >= 15 is 0 Å². The fourth-order valence-electron chi connectivity index (χ4n) is 3.27. The third-order valence-electron chi connectivity index (χ3n) is 4.73. The first-order valence-electron chi connectivity index (χ1n) is 9.11. The number of thiophene rings is 1. The molecule has 0 bridgehead atoms. The number of benzene rings is 2. The number of halogens is 1. The van der Waals surface area contributed by atoms with Crippen molar-refractivity contribution in [3.8, 4) is 5.75 Å². The normalized spacial score (nSPS) is 10.9. The first-order valence-corrected chi connectivity index (χ1v) is 10.3. The zero-order valence-electron chi connectivity index (χ0n) is 16.1. The predicted octanol–water partition coefficient (Wildman–Crippen LogP) is 6.11. The molecule has 29 heavy (non-hydrogen) atoms. The molecule has 0 radical (unpaired) electrons. The minimum absolute atomic E-state index is 0.131. The average molecular weight is 423 g/mol. The lowest BCUT2D eigenvalue weighted by molar-refractivity contribution is 0.0989. The predicted molar refractivity (Wildman–Crippen MR) is 119 cm³/mol. The molecule has 4 aromatic rings. The molecule has 0 spiro atoms. The SMILES string of the molecule is COc1ccc(N(Cc2cccnc2)C(=O)c2sc3ccccc3c2Cl)c(C)c1. The van der Waals surface area contributed by atoms with Gasteiger partial charge in [0.05, 0.1) is 18.7 Å². The Bertz CT molecular complexity index is 1170. The molecular formula is C23H19ClN2O2S. The standard InChI is InChI=1S/C23H19ClN2O2S/c1-15-12-17(28-2)9-10-19(15)26(14-16-6-5-11-25-13-16)23(27)22-21(24)18-7-3-4-8-20(18)29-22/h3-13H,14H2,1-2H3. The van der Waals surface area contributed by atoms with Gasteiger partial charge in [-0.05, 0) is 48.4 Å². The Balaban J connectivity index is 1.80. The van der Waals surface area contributed by atoms with Gasteiger partial charge in [0, 0.05) is 28.2 Å². The van der Waals surface area contributed by atoms with Gasteiger partial charge in [-0.1, -0.05) is 35.9 Å². The van der Waals surface area contributed by atoms with Crippen LogP contribution in [0.5, 0.6) is 5.75 Å². The van der Waals surface area contributed by atoms with E-state index < -0.39 is 0 Å². The minimum atomic E-state index is -0.131. The van der Waals surface area contributed by atoms with Crippen LogP contribution in [0, 0.1) is 6.92 Å². The Kier molecular flexibility index (Phi) is 5.51. The molecule has 4 rings (SSSR count). The average Bonchev–Trinajstić information content (AvgIpc) is 3.09. The molecule has 0 saturated heterocycles.